The molecule has 88 valence electrons. The van der Waals surface area contributed by atoms with E-state index in [0.717, 1.165) is 10.9 Å². The fourth-order valence-electron chi connectivity index (χ4n) is 2.13. The topological polar surface area (TPSA) is 38.0 Å². The lowest BCUT2D eigenvalue weighted by atomic mass is 9.79. The van der Waals surface area contributed by atoms with Gasteiger partial charge in [-0.1, -0.05) is 35.2 Å². The van der Waals surface area contributed by atoms with Gasteiger partial charge in [0.05, 0.1) is 0 Å². The summed E-state index contributed by atoms with van der Waals surface area (Å²) in [7, 11) is 0. The Labute approximate surface area is 104 Å². The Balaban J connectivity index is 2.14. The number of hydrazine groups is 1. The fraction of sp³-hybridized carbons (Fsp3) is 0.500. The Kier molecular flexibility index (Phi) is 3.95. The average molecular weight is 287 g/mol. The molecular formula is C12H16BrFN2. The molecule has 1 aliphatic rings. The van der Waals surface area contributed by atoms with E-state index in [1.165, 1.54) is 25.3 Å². The van der Waals surface area contributed by atoms with Crippen LogP contribution in [-0.4, -0.2) is 0 Å². The van der Waals surface area contributed by atoms with Crippen molar-refractivity contribution in [3.8, 4) is 0 Å². The molecule has 0 aliphatic heterocycles. The molecule has 16 heavy (non-hydrogen) atoms. The second kappa shape index (κ2) is 5.25. The molecule has 1 aromatic rings. The van der Waals surface area contributed by atoms with Gasteiger partial charge in [0.15, 0.2) is 0 Å². The van der Waals surface area contributed by atoms with E-state index in [4.69, 9.17) is 5.84 Å². The Hall–Kier alpha value is -0.450. The zero-order valence-electron chi connectivity index (χ0n) is 9.05. The molecule has 2 rings (SSSR count). The van der Waals surface area contributed by atoms with E-state index in [-0.39, 0.29) is 11.9 Å². The second-order valence-corrected chi connectivity index (χ2v) is 5.33. The van der Waals surface area contributed by atoms with Gasteiger partial charge in [-0.2, -0.15) is 0 Å². The van der Waals surface area contributed by atoms with Gasteiger partial charge in [-0.25, -0.2) is 4.39 Å². The quantitative estimate of drug-likeness (QED) is 0.659. The van der Waals surface area contributed by atoms with Gasteiger partial charge in [-0.15, -0.1) is 0 Å². The normalized spacial score (nSPS) is 18.2. The summed E-state index contributed by atoms with van der Waals surface area (Å²) in [5, 5.41) is 0. The number of nitrogens with one attached hydrogen (secondary N) is 1. The molecule has 1 atom stereocenters. The Morgan fingerprint density at radius 3 is 2.81 bits per heavy atom. The molecule has 2 nitrogen and oxygen atoms in total. The van der Waals surface area contributed by atoms with E-state index in [2.05, 4.69) is 21.4 Å². The molecule has 0 aromatic heterocycles. The van der Waals surface area contributed by atoms with Crippen LogP contribution in [0, 0.1) is 11.7 Å². The second-order valence-electron chi connectivity index (χ2n) is 4.42. The molecule has 1 unspecified atom stereocenters. The van der Waals surface area contributed by atoms with Crippen LogP contribution in [0.1, 0.15) is 37.3 Å². The standard InChI is InChI=1S/C12H16BrFN2/c13-9-4-5-11(14)10(7-9)12(16-15)6-8-2-1-3-8/h4-5,7-8,12,16H,1-3,6,15H2. The van der Waals surface area contributed by atoms with Crippen molar-refractivity contribution in [3.63, 3.8) is 0 Å². The van der Waals surface area contributed by atoms with Gasteiger partial charge in [-0.05, 0) is 30.5 Å². The van der Waals surface area contributed by atoms with Gasteiger partial charge in [0, 0.05) is 16.1 Å². The lowest BCUT2D eigenvalue weighted by molar-refractivity contribution is 0.259. The SMILES string of the molecule is NNC(CC1CCC1)c1cc(Br)ccc1F. The van der Waals surface area contributed by atoms with Crippen LogP contribution in [0.3, 0.4) is 0 Å². The van der Waals surface area contributed by atoms with Crippen molar-refractivity contribution in [2.24, 2.45) is 11.8 Å². The minimum absolute atomic E-state index is 0.0807. The third-order valence-corrected chi connectivity index (χ3v) is 3.82. The zero-order valence-corrected chi connectivity index (χ0v) is 10.6. The van der Waals surface area contributed by atoms with Crippen molar-refractivity contribution in [2.75, 3.05) is 0 Å². The summed E-state index contributed by atoms with van der Waals surface area (Å²) >= 11 is 3.36. The summed E-state index contributed by atoms with van der Waals surface area (Å²) in [6.07, 6.45) is 4.70. The zero-order chi connectivity index (χ0) is 11.5. The smallest absolute Gasteiger partial charge is 0.128 e. The van der Waals surface area contributed by atoms with Crippen molar-refractivity contribution < 1.29 is 4.39 Å². The maximum Gasteiger partial charge on any atom is 0.128 e. The summed E-state index contributed by atoms with van der Waals surface area (Å²) in [5.74, 6) is 6.02. The number of hydrogen-bond donors (Lipinski definition) is 2. The predicted octanol–water partition coefficient (Wildman–Crippen LogP) is 3.28. The van der Waals surface area contributed by atoms with E-state index < -0.39 is 0 Å². The number of halogens is 2. The van der Waals surface area contributed by atoms with Crippen LogP contribution in [0.15, 0.2) is 22.7 Å². The van der Waals surface area contributed by atoms with E-state index >= 15 is 0 Å². The molecule has 0 heterocycles. The van der Waals surface area contributed by atoms with Crippen molar-refractivity contribution in [2.45, 2.75) is 31.7 Å². The minimum atomic E-state index is -0.189. The molecule has 0 bridgehead atoms. The summed E-state index contributed by atoms with van der Waals surface area (Å²) < 4.78 is 14.5. The molecule has 4 heteroatoms. The first-order chi connectivity index (χ1) is 7.70. The summed E-state index contributed by atoms with van der Waals surface area (Å²) in [6, 6.07) is 4.90. The molecule has 0 radical (unpaired) electrons. The van der Waals surface area contributed by atoms with Gasteiger partial charge in [0.25, 0.3) is 0 Å². The van der Waals surface area contributed by atoms with Crippen LogP contribution in [0.5, 0.6) is 0 Å². The maximum absolute atomic E-state index is 13.7. The van der Waals surface area contributed by atoms with Crippen molar-refractivity contribution in [1.82, 2.24) is 5.43 Å². The van der Waals surface area contributed by atoms with E-state index in [0.29, 0.717) is 11.5 Å². The van der Waals surface area contributed by atoms with Gasteiger partial charge in [-0.3, -0.25) is 11.3 Å². The molecular weight excluding hydrogens is 271 g/mol. The van der Waals surface area contributed by atoms with Crippen molar-refractivity contribution >= 4 is 15.9 Å². The molecule has 3 N–H and O–H groups in total. The number of nitrogens with two attached hydrogens (primary N) is 1. The Morgan fingerprint density at radius 1 is 1.50 bits per heavy atom. The Morgan fingerprint density at radius 2 is 2.25 bits per heavy atom. The fourth-order valence-corrected chi connectivity index (χ4v) is 2.51. The largest absolute Gasteiger partial charge is 0.271 e. The van der Waals surface area contributed by atoms with Crippen molar-refractivity contribution in [3.05, 3.63) is 34.1 Å². The number of rotatable bonds is 4. The van der Waals surface area contributed by atoms with Gasteiger partial charge < -0.3 is 0 Å². The first kappa shape index (κ1) is 12.0. The molecule has 1 aromatic carbocycles. The van der Waals surface area contributed by atoms with Crippen molar-refractivity contribution in [1.29, 1.82) is 0 Å². The summed E-state index contributed by atoms with van der Waals surface area (Å²) in [6.45, 7) is 0. The Bertz CT molecular complexity index is 366. The third kappa shape index (κ3) is 2.62. The number of benzene rings is 1. The number of hydrogen-bond acceptors (Lipinski definition) is 2. The lowest BCUT2D eigenvalue weighted by Gasteiger charge is -2.29. The van der Waals surface area contributed by atoms with Crippen LogP contribution in [0.25, 0.3) is 0 Å². The highest BCUT2D eigenvalue weighted by atomic mass is 79.9. The van der Waals surface area contributed by atoms with Crippen LogP contribution in [0.2, 0.25) is 0 Å². The highest BCUT2D eigenvalue weighted by molar-refractivity contribution is 9.10. The first-order valence-corrected chi connectivity index (χ1v) is 6.41. The van der Waals surface area contributed by atoms with Crippen LogP contribution in [-0.2, 0) is 0 Å². The molecule has 0 amide bonds. The van der Waals surface area contributed by atoms with Crippen LogP contribution >= 0.6 is 15.9 Å². The molecule has 1 saturated carbocycles. The predicted molar refractivity (Wildman–Crippen MR) is 66.1 cm³/mol. The van der Waals surface area contributed by atoms with E-state index in [1.54, 1.807) is 12.1 Å². The highest BCUT2D eigenvalue weighted by Gasteiger charge is 2.24. The average Bonchev–Trinajstić information content (AvgIpc) is 2.21. The van der Waals surface area contributed by atoms with Gasteiger partial charge >= 0.3 is 0 Å². The monoisotopic (exact) mass is 286 g/mol. The maximum atomic E-state index is 13.7. The van der Waals surface area contributed by atoms with Crippen LogP contribution in [0.4, 0.5) is 4.39 Å². The highest BCUT2D eigenvalue weighted by Crippen LogP contribution is 2.35. The molecule has 1 fully saturated rings. The van der Waals surface area contributed by atoms with E-state index in [1.807, 2.05) is 0 Å². The first-order valence-electron chi connectivity index (χ1n) is 5.62. The molecule has 1 aliphatic carbocycles. The summed E-state index contributed by atoms with van der Waals surface area (Å²) in [4.78, 5) is 0. The molecule has 0 spiro atoms. The van der Waals surface area contributed by atoms with Crippen LogP contribution < -0.4 is 11.3 Å². The van der Waals surface area contributed by atoms with E-state index in [9.17, 15) is 4.39 Å². The summed E-state index contributed by atoms with van der Waals surface area (Å²) in [5.41, 5.74) is 3.38. The third-order valence-electron chi connectivity index (χ3n) is 3.33. The lowest BCUT2D eigenvalue weighted by Crippen LogP contribution is -2.31. The van der Waals surface area contributed by atoms with Gasteiger partial charge in [0.2, 0.25) is 0 Å². The van der Waals surface area contributed by atoms with Gasteiger partial charge in [0.1, 0.15) is 5.82 Å². The molecule has 0 saturated heterocycles. The minimum Gasteiger partial charge on any atom is -0.271 e.